The molecule has 3 heterocycles. The highest BCUT2D eigenvalue weighted by Gasteiger charge is 2.19. The molecule has 7 nitrogen and oxygen atoms in total. The maximum Gasteiger partial charge on any atom is 0.274 e. The fourth-order valence-corrected chi connectivity index (χ4v) is 4.74. The first-order valence-corrected chi connectivity index (χ1v) is 14.0. The normalized spacial score (nSPS) is 13.7. The van der Waals surface area contributed by atoms with Crippen molar-refractivity contribution in [3.63, 3.8) is 0 Å². The van der Waals surface area contributed by atoms with E-state index in [0.29, 0.717) is 42.4 Å². The van der Waals surface area contributed by atoms with Crippen LogP contribution in [0.5, 0.6) is 0 Å². The van der Waals surface area contributed by atoms with Crippen molar-refractivity contribution < 1.29 is 13.9 Å². The van der Waals surface area contributed by atoms with Crippen molar-refractivity contribution in [2.75, 3.05) is 43.1 Å². The number of aliphatic imine (C=N–C) groups is 1. The number of benzene rings is 2. The Morgan fingerprint density at radius 1 is 1.00 bits per heavy atom. The number of hydrogen-bond acceptors (Lipinski definition) is 6. The van der Waals surface area contributed by atoms with Crippen LogP contribution in [-0.2, 0) is 9.53 Å². The summed E-state index contributed by atoms with van der Waals surface area (Å²) in [4.78, 5) is 29.6. The Balaban J connectivity index is 1.41. The molecule has 1 amide bonds. The monoisotopic (exact) mass is 551 g/mol. The fraction of sp³-hybridized carbons (Fsp3) is 0.273. The number of carbonyl (C=O) groups excluding carboxylic acids is 1. The van der Waals surface area contributed by atoms with Gasteiger partial charge in [-0.2, -0.15) is 0 Å². The first-order chi connectivity index (χ1) is 20.0. The maximum atomic E-state index is 13.6. The molecule has 0 radical (unpaired) electrons. The van der Waals surface area contributed by atoms with Gasteiger partial charge in [0.1, 0.15) is 11.5 Å². The van der Waals surface area contributed by atoms with E-state index in [1.54, 1.807) is 30.5 Å². The molecule has 0 spiro atoms. The summed E-state index contributed by atoms with van der Waals surface area (Å²) < 4.78 is 19.1. The molecule has 0 aliphatic carbocycles. The molecule has 1 saturated heterocycles. The number of hydrogen-bond donors (Lipinski definition) is 1. The Bertz CT molecular complexity index is 1530. The summed E-state index contributed by atoms with van der Waals surface area (Å²) >= 11 is 0. The number of morpholine rings is 1. The number of aromatic nitrogens is 2. The lowest BCUT2D eigenvalue weighted by atomic mass is 9.97. The fourth-order valence-electron chi connectivity index (χ4n) is 4.74. The van der Waals surface area contributed by atoms with Crippen LogP contribution in [0.15, 0.2) is 84.2 Å². The summed E-state index contributed by atoms with van der Waals surface area (Å²) in [6.45, 7) is 7.70. The number of amides is 1. The largest absolute Gasteiger partial charge is 0.378 e. The Morgan fingerprint density at radius 2 is 1.85 bits per heavy atom. The number of pyridine rings is 2. The third-order valence-corrected chi connectivity index (χ3v) is 7.06. The minimum absolute atomic E-state index is 0.304. The molecule has 2 aromatic carbocycles. The SMILES string of the molecule is CCCCN=C(C(=O)Nc1ccc(-c2cccc(F)c2)nc1)c1cc(-c2cncc(N3CCOCC3)c2)ccc1C. The van der Waals surface area contributed by atoms with Crippen molar-refractivity contribution >= 4 is 23.0 Å². The zero-order valence-corrected chi connectivity index (χ0v) is 23.4. The number of anilines is 2. The third kappa shape index (κ3) is 7.02. The van der Waals surface area contributed by atoms with Crippen LogP contribution in [-0.4, -0.2) is 54.4 Å². The lowest BCUT2D eigenvalue weighted by molar-refractivity contribution is -0.110. The van der Waals surface area contributed by atoms with Crippen molar-refractivity contribution in [1.29, 1.82) is 0 Å². The van der Waals surface area contributed by atoms with E-state index in [-0.39, 0.29) is 11.7 Å². The predicted molar refractivity (Wildman–Crippen MR) is 162 cm³/mol. The van der Waals surface area contributed by atoms with Gasteiger partial charge in [0, 0.05) is 42.5 Å². The maximum absolute atomic E-state index is 13.6. The first kappa shape index (κ1) is 28.1. The molecular weight excluding hydrogens is 517 g/mol. The van der Waals surface area contributed by atoms with Gasteiger partial charge in [-0.25, -0.2) is 4.39 Å². The number of halogens is 1. The van der Waals surface area contributed by atoms with Crippen molar-refractivity contribution in [3.8, 4) is 22.4 Å². The average molecular weight is 552 g/mol. The molecule has 41 heavy (non-hydrogen) atoms. The quantitative estimate of drug-likeness (QED) is 0.194. The van der Waals surface area contributed by atoms with E-state index in [1.807, 2.05) is 31.5 Å². The van der Waals surface area contributed by atoms with Crippen molar-refractivity contribution in [2.45, 2.75) is 26.7 Å². The smallest absolute Gasteiger partial charge is 0.274 e. The molecule has 0 unspecified atom stereocenters. The molecule has 0 bridgehead atoms. The summed E-state index contributed by atoms with van der Waals surface area (Å²) in [5.41, 5.74) is 6.93. The molecule has 1 N–H and O–H groups in total. The predicted octanol–water partition coefficient (Wildman–Crippen LogP) is 6.32. The second kappa shape index (κ2) is 13.3. The molecule has 4 aromatic rings. The molecule has 8 heteroatoms. The molecule has 1 aliphatic rings. The van der Waals surface area contributed by atoms with Crippen LogP contribution in [0, 0.1) is 12.7 Å². The summed E-state index contributed by atoms with van der Waals surface area (Å²) in [6, 6.07) is 18.0. The van der Waals surface area contributed by atoms with Crippen LogP contribution >= 0.6 is 0 Å². The Morgan fingerprint density at radius 3 is 2.61 bits per heavy atom. The minimum Gasteiger partial charge on any atom is -0.378 e. The molecule has 0 atom stereocenters. The summed E-state index contributed by atoms with van der Waals surface area (Å²) in [6.07, 6.45) is 7.16. The second-order valence-corrected chi connectivity index (χ2v) is 10.0. The topological polar surface area (TPSA) is 79.7 Å². The van der Waals surface area contributed by atoms with Gasteiger partial charge < -0.3 is 15.0 Å². The Labute approximate surface area is 240 Å². The summed E-state index contributed by atoms with van der Waals surface area (Å²) in [5.74, 6) is -0.627. The molecule has 5 rings (SSSR count). The van der Waals surface area contributed by atoms with Crippen LogP contribution in [0.2, 0.25) is 0 Å². The molecule has 1 aliphatic heterocycles. The zero-order chi connectivity index (χ0) is 28.6. The number of aryl methyl sites for hydroxylation is 1. The van der Waals surface area contributed by atoms with Gasteiger partial charge >= 0.3 is 0 Å². The standard InChI is InChI=1S/C33H34FN5O2/c1-3-4-12-36-32(33(40)38-28-10-11-31(37-21-28)25-6-5-7-27(34)17-25)30-19-24(9-8-23(30)2)26-18-29(22-35-20-26)39-13-15-41-16-14-39/h5-11,17-22H,3-4,12-16H2,1-2H3,(H,38,40). The van der Waals surface area contributed by atoms with E-state index in [4.69, 9.17) is 9.73 Å². The van der Waals surface area contributed by atoms with Gasteiger partial charge in [-0.05, 0) is 60.9 Å². The van der Waals surface area contributed by atoms with Gasteiger partial charge in [0.2, 0.25) is 0 Å². The molecule has 210 valence electrons. The number of nitrogens with one attached hydrogen (secondary N) is 1. The van der Waals surface area contributed by atoms with E-state index in [9.17, 15) is 9.18 Å². The van der Waals surface area contributed by atoms with Crippen molar-refractivity contribution in [2.24, 2.45) is 4.99 Å². The van der Waals surface area contributed by atoms with Gasteiger partial charge in [-0.1, -0.05) is 37.6 Å². The lowest BCUT2D eigenvalue weighted by Gasteiger charge is -2.28. The van der Waals surface area contributed by atoms with Crippen LogP contribution in [0.1, 0.15) is 30.9 Å². The number of nitrogens with zero attached hydrogens (tertiary/aromatic N) is 4. The van der Waals surface area contributed by atoms with Gasteiger partial charge in [0.25, 0.3) is 5.91 Å². The molecule has 0 saturated carbocycles. The van der Waals surface area contributed by atoms with E-state index >= 15 is 0 Å². The van der Waals surface area contributed by atoms with Gasteiger partial charge in [0.15, 0.2) is 0 Å². The highest BCUT2D eigenvalue weighted by Crippen LogP contribution is 2.27. The number of unbranched alkanes of at least 4 members (excludes halogenated alkanes) is 1. The Kier molecular flexibility index (Phi) is 9.11. The number of rotatable bonds is 9. The molecular formula is C33H34FN5O2. The van der Waals surface area contributed by atoms with Gasteiger partial charge in [-0.3, -0.25) is 19.8 Å². The first-order valence-electron chi connectivity index (χ1n) is 14.0. The average Bonchev–Trinajstić information content (AvgIpc) is 3.01. The van der Waals surface area contributed by atoms with Crippen LogP contribution in [0.4, 0.5) is 15.8 Å². The van der Waals surface area contributed by atoms with E-state index in [0.717, 1.165) is 53.9 Å². The van der Waals surface area contributed by atoms with E-state index in [1.165, 1.54) is 12.1 Å². The van der Waals surface area contributed by atoms with E-state index in [2.05, 4.69) is 39.2 Å². The van der Waals surface area contributed by atoms with Gasteiger partial charge in [-0.15, -0.1) is 0 Å². The van der Waals surface area contributed by atoms with Gasteiger partial charge in [0.05, 0.1) is 42.7 Å². The van der Waals surface area contributed by atoms with Crippen molar-refractivity contribution in [3.05, 3.63) is 96.2 Å². The second-order valence-electron chi connectivity index (χ2n) is 10.0. The summed E-state index contributed by atoms with van der Waals surface area (Å²) in [5, 5.41) is 2.96. The third-order valence-electron chi connectivity index (χ3n) is 7.06. The molecule has 2 aromatic heterocycles. The lowest BCUT2D eigenvalue weighted by Crippen LogP contribution is -2.36. The highest BCUT2D eigenvalue weighted by molar-refractivity contribution is 6.49. The zero-order valence-electron chi connectivity index (χ0n) is 23.4. The van der Waals surface area contributed by atoms with E-state index < -0.39 is 0 Å². The number of ether oxygens (including phenoxy) is 1. The molecule has 1 fully saturated rings. The summed E-state index contributed by atoms with van der Waals surface area (Å²) in [7, 11) is 0. The van der Waals surface area contributed by atoms with Crippen molar-refractivity contribution in [1.82, 2.24) is 9.97 Å². The van der Waals surface area contributed by atoms with Crippen LogP contribution in [0.25, 0.3) is 22.4 Å². The number of carbonyl (C=O) groups is 1. The highest BCUT2D eigenvalue weighted by atomic mass is 19.1. The van der Waals surface area contributed by atoms with Crippen LogP contribution in [0.3, 0.4) is 0 Å². The van der Waals surface area contributed by atoms with Crippen LogP contribution < -0.4 is 10.2 Å². The minimum atomic E-state index is -0.323. The Hall–Kier alpha value is -4.43.